The number of carbonyl (C=O) groups is 1. The largest absolute Gasteiger partial charge is 0.459 e. The minimum absolute atomic E-state index is 0. The van der Waals surface area contributed by atoms with Crippen LogP contribution in [0.1, 0.15) is 42.8 Å². The van der Waals surface area contributed by atoms with E-state index in [9.17, 15) is 4.79 Å². The highest BCUT2D eigenvalue weighted by molar-refractivity contribution is 14.0. The second-order valence-corrected chi connectivity index (χ2v) is 6.94. The summed E-state index contributed by atoms with van der Waals surface area (Å²) < 4.78 is 10.9. The zero-order chi connectivity index (χ0) is 20.5. The van der Waals surface area contributed by atoms with E-state index < -0.39 is 0 Å². The molecule has 0 spiro atoms. The van der Waals surface area contributed by atoms with Gasteiger partial charge in [0, 0.05) is 31.9 Å². The van der Waals surface area contributed by atoms with Gasteiger partial charge in [-0.15, -0.1) is 24.0 Å². The van der Waals surface area contributed by atoms with Gasteiger partial charge in [-0.05, 0) is 56.5 Å². The number of piperidine rings is 1. The predicted molar refractivity (Wildman–Crippen MR) is 130 cm³/mol. The first-order chi connectivity index (χ1) is 14.2. The van der Waals surface area contributed by atoms with E-state index in [4.69, 9.17) is 14.1 Å². The Bertz CT molecular complexity index is 802. The van der Waals surface area contributed by atoms with E-state index in [0.29, 0.717) is 18.4 Å². The number of hydrogen-bond donors (Lipinski definition) is 2. The molecule has 3 rings (SSSR count). The smallest absolute Gasteiger partial charge is 0.291 e. The molecule has 1 aliphatic heterocycles. The molecule has 7 nitrogen and oxygen atoms in total. The highest BCUT2D eigenvalue weighted by Crippen LogP contribution is 2.16. The Hall–Kier alpha value is -2.07. The van der Waals surface area contributed by atoms with Gasteiger partial charge in [0.2, 0.25) is 0 Å². The fourth-order valence-corrected chi connectivity index (χ4v) is 3.41. The third-order valence-corrected chi connectivity index (χ3v) is 4.82. The van der Waals surface area contributed by atoms with Gasteiger partial charge in [-0.1, -0.05) is 12.1 Å². The van der Waals surface area contributed by atoms with Crippen LogP contribution in [0.25, 0.3) is 0 Å². The summed E-state index contributed by atoms with van der Waals surface area (Å²) in [6.07, 6.45) is 3.88. The zero-order valence-electron chi connectivity index (χ0n) is 17.6. The molecule has 1 aromatic heterocycles. The van der Waals surface area contributed by atoms with Crippen LogP contribution in [0.5, 0.6) is 0 Å². The Labute approximate surface area is 195 Å². The Morgan fingerprint density at radius 3 is 2.70 bits per heavy atom. The van der Waals surface area contributed by atoms with Crippen LogP contribution in [0, 0.1) is 0 Å². The molecule has 2 N–H and O–H groups in total. The second kappa shape index (κ2) is 12.6. The van der Waals surface area contributed by atoms with Crippen LogP contribution in [-0.4, -0.2) is 49.1 Å². The van der Waals surface area contributed by atoms with Crippen LogP contribution in [-0.2, 0) is 11.3 Å². The molecule has 0 unspecified atom stereocenters. The van der Waals surface area contributed by atoms with Gasteiger partial charge < -0.3 is 24.7 Å². The Balaban J connectivity index is 0.00000320. The van der Waals surface area contributed by atoms with E-state index in [1.165, 1.54) is 6.26 Å². The van der Waals surface area contributed by atoms with Crippen molar-refractivity contribution in [2.75, 3.05) is 31.6 Å². The topological polar surface area (TPSA) is 79.1 Å². The van der Waals surface area contributed by atoms with E-state index in [1.54, 1.807) is 12.1 Å². The summed E-state index contributed by atoms with van der Waals surface area (Å²) in [4.78, 5) is 19.3. The monoisotopic (exact) mass is 526 g/mol. The van der Waals surface area contributed by atoms with Crippen molar-refractivity contribution in [1.82, 2.24) is 10.2 Å². The quantitative estimate of drug-likeness (QED) is 0.323. The number of anilines is 1. The first-order valence-electron chi connectivity index (χ1n) is 10.3. The molecule has 1 saturated heterocycles. The van der Waals surface area contributed by atoms with Crippen LogP contribution >= 0.6 is 24.0 Å². The zero-order valence-corrected chi connectivity index (χ0v) is 19.9. The van der Waals surface area contributed by atoms with Gasteiger partial charge in [0.05, 0.1) is 18.9 Å². The summed E-state index contributed by atoms with van der Waals surface area (Å²) in [7, 11) is 0. The lowest BCUT2D eigenvalue weighted by atomic mass is 10.1. The minimum Gasteiger partial charge on any atom is -0.459 e. The normalized spacial score (nSPS) is 14.9. The molecule has 2 heterocycles. The van der Waals surface area contributed by atoms with Crippen molar-refractivity contribution >= 4 is 41.5 Å². The van der Waals surface area contributed by atoms with Crippen molar-refractivity contribution in [3.05, 3.63) is 54.0 Å². The summed E-state index contributed by atoms with van der Waals surface area (Å²) in [6.45, 7) is 8.13. The molecule has 1 aromatic carbocycles. The third kappa shape index (κ3) is 7.02. The summed E-state index contributed by atoms with van der Waals surface area (Å²) in [5.74, 6) is 0.951. The van der Waals surface area contributed by atoms with Crippen molar-refractivity contribution in [2.45, 2.75) is 39.3 Å². The number of nitrogens with one attached hydrogen (secondary N) is 2. The van der Waals surface area contributed by atoms with E-state index >= 15 is 0 Å². The maximum atomic E-state index is 12.2. The molecule has 1 aliphatic rings. The van der Waals surface area contributed by atoms with E-state index in [-0.39, 0.29) is 29.9 Å². The van der Waals surface area contributed by atoms with Gasteiger partial charge >= 0.3 is 0 Å². The number of benzene rings is 1. The lowest BCUT2D eigenvalue weighted by molar-refractivity contribution is 0.0263. The van der Waals surface area contributed by atoms with Gasteiger partial charge in [0.1, 0.15) is 0 Å². The van der Waals surface area contributed by atoms with Gasteiger partial charge in [0.15, 0.2) is 11.7 Å². The molecule has 0 bridgehead atoms. The van der Waals surface area contributed by atoms with Crippen molar-refractivity contribution in [1.29, 1.82) is 0 Å². The lowest BCUT2D eigenvalue weighted by Gasteiger charge is -2.34. The van der Waals surface area contributed by atoms with Crippen LogP contribution in [0.3, 0.4) is 0 Å². The average molecular weight is 526 g/mol. The standard InChI is InChI=1S/C22H30N4O3.HI/c1-3-23-22(26-12-10-19(11-13-26)28-4-2)24-16-17-7-5-8-18(15-17)25-21(27)20-9-6-14-29-20;/h5-9,14-15,19H,3-4,10-13,16H2,1-2H3,(H,23,24)(H,25,27);1H. The van der Waals surface area contributed by atoms with Crippen LogP contribution in [0.4, 0.5) is 5.69 Å². The summed E-state index contributed by atoms with van der Waals surface area (Å²) in [5.41, 5.74) is 1.75. The number of furan rings is 1. The Morgan fingerprint density at radius 1 is 1.23 bits per heavy atom. The fourth-order valence-electron chi connectivity index (χ4n) is 3.41. The highest BCUT2D eigenvalue weighted by Gasteiger charge is 2.21. The summed E-state index contributed by atoms with van der Waals surface area (Å²) in [5, 5.41) is 6.24. The molecule has 0 saturated carbocycles. The van der Waals surface area contributed by atoms with Crippen molar-refractivity contribution in [2.24, 2.45) is 4.99 Å². The second-order valence-electron chi connectivity index (χ2n) is 6.94. The number of nitrogens with zero attached hydrogens (tertiary/aromatic N) is 2. The molecule has 1 fully saturated rings. The number of amides is 1. The Kier molecular flexibility index (Phi) is 10.2. The number of carbonyl (C=O) groups excluding carboxylic acids is 1. The molecule has 8 heteroatoms. The molecule has 2 aromatic rings. The maximum absolute atomic E-state index is 12.2. The first-order valence-corrected chi connectivity index (χ1v) is 10.3. The van der Waals surface area contributed by atoms with Crippen molar-refractivity contribution in [3.63, 3.8) is 0 Å². The molecular formula is C22H31IN4O3. The number of guanidine groups is 1. The maximum Gasteiger partial charge on any atom is 0.291 e. The molecule has 30 heavy (non-hydrogen) atoms. The number of rotatable bonds is 7. The predicted octanol–water partition coefficient (Wildman–Crippen LogP) is 4.12. The number of halogens is 1. The number of ether oxygens (including phenoxy) is 1. The lowest BCUT2D eigenvalue weighted by Crippen LogP contribution is -2.47. The van der Waals surface area contributed by atoms with Gasteiger partial charge in [0.25, 0.3) is 5.91 Å². The van der Waals surface area contributed by atoms with Crippen LogP contribution in [0.15, 0.2) is 52.1 Å². The van der Waals surface area contributed by atoms with Gasteiger partial charge in [-0.25, -0.2) is 4.99 Å². The molecule has 164 valence electrons. The van der Waals surface area contributed by atoms with Gasteiger partial charge in [-0.3, -0.25) is 4.79 Å². The molecular weight excluding hydrogens is 495 g/mol. The third-order valence-electron chi connectivity index (χ3n) is 4.82. The Morgan fingerprint density at radius 2 is 2.03 bits per heavy atom. The number of hydrogen-bond acceptors (Lipinski definition) is 4. The summed E-state index contributed by atoms with van der Waals surface area (Å²) in [6, 6.07) is 11.1. The van der Waals surface area contributed by atoms with Crippen molar-refractivity contribution < 1.29 is 13.9 Å². The molecule has 0 radical (unpaired) electrons. The van der Waals surface area contributed by atoms with E-state index in [1.807, 2.05) is 31.2 Å². The van der Waals surface area contributed by atoms with E-state index in [2.05, 4.69) is 22.5 Å². The van der Waals surface area contributed by atoms with E-state index in [0.717, 1.165) is 56.3 Å². The molecule has 1 amide bonds. The number of likely N-dealkylation sites (tertiary alicyclic amines) is 1. The van der Waals surface area contributed by atoms with Crippen LogP contribution in [0.2, 0.25) is 0 Å². The van der Waals surface area contributed by atoms with Crippen LogP contribution < -0.4 is 10.6 Å². The average Bonchev–Trinajstić information content (AvgIpc) is 3.27. The molecule has 0 aliphatic carbocycles. The van der Waals surface area contributed by atoms with Gasteiger partial charge in [-0.2, -0.15) is 0 Å². The fraction of sp³-hybridized carbons (Fsp3) is 0.455. The minimum atomic E-state index is -0.263. The first kappa shape index (κ1) is 24.2. The highest BCUT2D eigenvalue weighted by atomic mass is 127. The summed E-state index contributed by atoms with van der Waals surface area (Å²) >= 11 is 0. The van der Waals surface area contributed by atoms with Crippen molar-refractivity contribution in [3.8, 4) is 0 Å². The molecule has 0 atom stereocenters. The number of aliphatic imine (C=N–C) groups is 1. The SMILES string of the molecule is CCNC(=NCc1cccc(NC(=O)c2ccco2)c1)N1CCC(OCC)CC1.I.